The van der Waals surface area contributed by atoms with Crippen LogP contribution in [0.5, 0.6) is 0 Å². The van der Waals surface area contributed by atoms with Crippen molar-refractivity contribution in [2.75, 3.05) is 19.0 Å². The lowest BCUT2D eigenvalue weighted by Gasteiger charge is -2.08. The molecule has 0 spiro atoms. The molecule has 8 nitrogen and oxygen atoms in total. The highest BCUT2D eigenvalue weighted by molar-refractivity contribution is 5.93. The molecule has 0 atom stereocenters. The zero-order chi connectivity index (χ0) is 14.9. The Morgan fingerprint density at radius 2 is 2.05 bits per heavy atom. The number of hydrogen-bond donors (Lipinski definition) is 1. The van der Waals surface area contributed by atoms with Crippen molar-refractivity contribution in [1.29, 1.82) is 0 Å². The topological polar surface area (TPSA) is 95.2 Å². The first-order valence-corrected chi connectivity index (χ1v) is 5.80. The maximum atomic E-state index is 12.0. The number of aromatic nitrogens is 3. The van der Waals surface area contributed by atoms with Crippen LogP contribution in [0.15, 0.2) is 21.9 Å². The molecule has 1 amide bonds. The van der Waals surface area contributed by atoms with Crippen LogP contribution in [0.25, 0.3) is 11.0 Å². The van der Waals surface area contributed by atoms with Crippen LogP contribution in [0.4, 0.5) is 5.69 Å². The lowest BCUT2D eigenvalue weighted by molar-refractivity contribution is -0.119. The van der Waals surface area contributed by atoms with Crippen LogP contribution in [0.2, 0.25) is 0 Å². The first-order chi connectivity index (χ1) is 9.45. The Kier molecular flexibility index (Phi) is 3.66. The summed E-state index contributed by atoms with van der Waals surface area (Å²) in [5.41, 5.74) is -0.275. The Labute approximate surface area is 113 Å². The van der Waals surface area contributed by atoms with Gasteiger partial charge in [0, 0.05) is 21.2 Å². The molecule has 2 aromatic rings. The molecular formula is C12H14N4O4. The minimum Gasteiger partial charge on any atom is -0.375 e. The molecule has 0 aliphatic rings. The van der Waals surface area contributed by atoms with Crippen LogP contribution in [0.1, 0.15) is 0 Å². The summed E-state index contributed by atoms with van der Waals surface area (Å²) in [6.07, 6.45) is 1.38. The number of pyridine rings is 1. The Balaban J connectivity index is 2.58. The largest absolute Gasteiger partial charge is 0.375 e. The monoisotopic (exact) mass is 278 g/mol. The Morgan fingerprint density at radius 3 is 2.70 bits per heavy atom. The van der Waals surface area contributed by atoms with Crippen molar-refractivity contribution < 1.29 is 9.53 Å². The Hall–Kier alpha value is -2.48. The van der Waals surface area contributed by atoms with E-state index in [1.54, 1.807) is 0 Å². The van der Waals surface area contributed by atoms with E-state index in [-0.39, 0.29) is 23.5 Å². The van der Waals surface area contributed by atoms with E-state index >= 15 is 0 Å². The Bertz CT molecular complexity index is 790. The van der Waals surface area contributed by atoms with Gasteiger partial charge in [0.05, 0.1) is 17.3 Å². The third kappa shape index (κ3) is 2.32. The van der Waals surface area contributed by atoms with Gasteiger partial charge in [-0.3, -0.25) is 18.7 Å². The van der Waals surface area contributed by atoms with Gasteiger partial charge >= 0.3 is 5.69 Å². The molecule has 2 rings (SSSR count). The SMILES string of the molecule is COCC(=O)Nc1cnc2c(c1)c(=O)n(C)c(=O)n2C. The normalized spacial score (nSPS) is 10.8. The van der Waals surface area contributed by atoms with Crippen molar-refractivity contribution >= 4 is 22.6 Å². The van der Waals surface area contributed by atoms with Gasteiger partial charge in [-0.1, -0.05) is 0 Å². The predicted molar refractivity (Wildman–Crippen MR) is 72.7 cm³/mol. The van der Waals surface area contributed by atoms with E-state index in [2.05, 4.69) is 10.3 Å². The van der Waals surface area contributed by atoms with E-state index in [1.807, 2.05) is 0 Å². The quantitative estimate of drug-likeness (QED) is 0.794. The summed E-state index contributed by atoms with van der Waals surface area (Å²) < 4.78 is 6.96. The molecule has 0 aliphatic carbocycles. The van der Waals surface area contributed by atoms with Gasteiger partial charge in [0.25, 0.3) is 5.56 Å². The number of rotatable bonds is 3. The van der Waals surface area contributed by atoms with Crippen molar-refractivity contribution in [3.8, 4) is 0 Å². The average Bonchev–Trinajstić information content (AvgIpc) is 2.43. The zero-order valence-corrected chi connectivity index (χ0v) is 11.3. The van der Waals surface area contributed by atoms with Gasteiger partial charge in [0.1, 0.15) is 12.3 Å². The number of amides is 1. The number of hydrogen-bond acceptors (Lipinski definition) is 5. The number of anilines is 1. The summed E-state index contributed by atoms with van der Waals surface area (Å²) in [6.45, 7) is -0.0939. The fourth-order valence-electron chi connectivity index (χ4n) is 1.86. The highest BCUT2D eigenvalue weighted by atomic mass is 16.5. The molecule has 0 saturated heterocycles. The molecule has 0 aliphatic heterocycles. The number of fused-ring (bicyclic) bond motifs is 1. The fourth-order valence-corrected chi connectivity index (χ4v) is 1.86. The standard InChI is InChI=1S/C12H14N4O4/c1-15-10-8(11(18)16(2)12(15)19)4-7(5-13-10)14-9(17)6-20-3/h4-5H,6H2,1-3H3,(H,14,17). The van der Waals surface area contributed by atoms with E-state index in [0.29, 0.717) is 5.69 Å². The van der Waals surface area contributed by atoms with Crippen molar-refractivity contribution in [3.05, 3.63) is 33.1 Å². The predicted octanol–water partition coefficient (Wildman–Crippen LogP) is -0.783. The molecule has 0 unspecified atom stereocenters. The maximum Gasteiger partial charge on any atom is 0.332 e. The van der Waals surface area contributed by atoms with Gasteiger partial charge in [-0.25, -0.2) is 9.78 Å². The van der Waals surface area contributed by atoms with Gasteiger partial charge in [0.2, 0.25) is 5.91 Å². The van der Waals surface area contributed by atoms with Crippen LogP contribution in [-0.4, -0.2) is 33.7 Å². The van der Waals surface area contributed by atoms with E-state index in [9.17, 15) is 14.4 Å². The minimum atomic E-state index is -0.460. The van der Waals surface area contributed by atoms with Crippen LogP contribution < -0.4 is 16.6 Å². The van der Waals surface area contributed by atoms with Gasteiger partial charge in [-0.05, 0) is 6.07 Å². The molecular weight excluding hydrogens is 264 g/mol. The number of methoxy groups -OCH3 is 1. The third-order valence-electron chi connectivity index (χ3n) is 2.85. The van der Waals surface area contributed by atoms with Crippen LogP contribution in [-0.2, 0) is 23.6 Å². The number of nitrogens with zero attached hydrogens (tertiary/aromatic N) is 3. The molecule has 0 fully saturated rings. The van der Waals surface area contributed by atoms with Gasteiger partial charge in [-0.15, -0.1) is 0 Å². The third-order valence-corrected chi connectivity index (χ3v) is 2.85. The van der Waals surface area contributed by atoms with Gasteiger partial charge in [0.15, 0.2) is 0 Å². The summed E-state index contributed by atoms with van der Waals surface area (Å²) in [4.78, 5) is 39.3. The summed E-state index contributed by atoms with van der Waals surface area (Å²) in [5, 5.41) is 2.81. The van der Waals surface area contributed by atoms with E-state index in [0.717, 1.165) is 4.57 Å². The summed E-state index contributed by atoms with van der Waals surface area (Å²) in [5.74, 6) is -0.352. The molecule has 20 heavy (non-hydrogen) atoms. The number of ether oxygens (including phenoxy) is 1. The zero-order valence-electron chi connectivity index (χ0n) is 11.3. The Morgan fingerprint density at radius 1 is 1.35 bits per heavy atom. The number of aryl methyl sites for hydroxylation is 1. The number of nitrogens with one attached hydrogen (secondary N) is 1. The second-order valence-electron chi connectivity index (χ2n) is 4.28. The molecule has 0 aromatic carbocycles. The molecule has 8 heteroatoms. The number of carbonyl (C=O) groups is 1. The van der Waals surface area contributed by atoms with Crippen molar-refractivity contribution in [2.24, 2.45) is 14.1 Å². The molecule has 106 valence electrons. The molecule has 0 radical (unpaired) electrons. The summed E-state index contributed by atoms with van der Waals surface area (Å²) >= 11 is 0. The van der Waals surface area contributed by atoms with E-state index in [4.69, 9.17) is 4.74 Å². The lowest BCUT2D eigenvalue weighted by Crippen LogP contribution is -2.37. The average molecular weight is 278 g/mol. The van der Waals surface area contributed by atoms with E-state index < -0.39 is 11.2 Å². The first kappa shape index (κ1) is 13.9. The van der Waals surface area contributed by atoms with Crippen LogP contribution in [0.3, 0.4) is 0 Å². The smallest absolute Gasteiger partial charge is 0.332 e. The van der Waals surface area contributed by atoms with Crippen molar-refractivity contribution in [3.63, 3.8) is 0 Å². The molecule has 2 heterocycles. The fraction of sp³-hybridized carbons (Fsp3) is 0.333. The van der Waals surface area contributed by atoms with Crippen molar-refractivity contribution in [2.45, 2.75) is 0 Å². The second-order valence-corrected chi connectivity index (χ2v) is 4.28. The maximum absolute atomic E-state index is 12.0. The summed E-state index contributed by atoms with van der Waals surface area (Å²) in [6, 6.07) is 1.48. The molecule has 2 aromatic heterocycles. The van der Waals surface area contributed by atoms with Crippen LogP contribution in [0, 0.1) is 0 Å². The first-order valence-electron chi connectivity index (χ1n) is 5.80. The van der Waals surface area contributed by atoms with Gasteiger partial charge < -0.3 is 10.1 Å². The van der Waals surface area contributed by atoms with Crippen LogP contribution >= 0.6 is 0 Å². The lowest BCUT2D eigenvalue weighted by atomic mass is 10.3. The van der Waals surface area contributed by atoms with Crippen molar-refractivity contribution in [1.82, 2.24) is 14.1 Å². The highest BCUT2D eigenvalue weighted by Gasteiger charge is 2.11. The molecule has 0 bridgehead atoms. The second kappa shape index (κ2) is 5.25. The molecule has 1 N–H and O–H groups in total. The minimum absolute atomic E-state index is 0.0939. The van der Waals surface area contributed by atoms with E-state index in [1.165, 1.54) is 38.0 Å². The highest BCUT2D eigenvalue weighted by Crippen LogP contribution is 2.11. The van der Waals surface area contributed by atoms with Gasteiger partial charge in [-0.2, -0.15) is 0 Å². The molecule has 0 saturated carbocycles. The number of carbonyl (C=O) groups excluding carboxylic acids is 1. The summed E-state index contributed by atoms with van der Waals surface area (Å²) in [7, 11) is 4.32.